The van der Waals surface area contributed by atoms with E-state index in [2.05, 4.69) is 15.6 Å². The average molecular weight is 419 g/mol. The summed E-state index contributed by atoms with van der Waals surface area (Å²) in [7, 11) is 1.57. The zero-order valence-electron chi connectivity index (χ0n) is 17.8. The van der Waals surface area contributed by atoms with E-state index in [9.17, 15) is 9.59 Å². The van der Waals surface area contributed by atoms with Gasteiger partial charge >= 0.3 is 6.03 Å². The van der Waals surface area contributed by atoms with Gasteiger partial charge in [-0.25, -0.2) is 4.79 Å². The molecule has 1 heterocycles. The van der Waals surface area contributed by atoms with E-state index in [1.54, 1.807) is 50.6 Å². The normalized spacial score (nSPS) is 10.3. The van der Waals surface area contributed by atoms with Crippen LogP contribution < -0.4 is 20.1 Å². The summed E-state index contributed by atoms with van der Waals surface area (Å²) in [6, 6.07) is 15.9. The average Bonchev–Trinajstić information content (AvgIpc) is 2.79. The number of amides is 2. The summed E-state index contributed by atoms with van der Waals surface area (Å²) in [5.74, 6) is 1.74. The van der Waals surface area contributed by atoms with Crippen LogP contribution in [0.3, 0.4) is 0 Å². The van der Waals surface area contributed by atoms with Gasteiger partial charge in [0.2, 0.25) is 0 Å². The summed E-state index contributed by atoms with van der Waals surface area (Å²) in [5, 5.41) is 5.61. The van der Waals surface area contributed by atoms with Crippen LogP contribution in [0.25, 0.3) is 0 Å². The van der Waals surface area contributed by atoms with Crippen LogP contribution >= 0.6 is 0 Å². The Labute approximate surface area is 181 Å². The monoisotopic (exact) mass is 419 g/mol. The van der Waals surface area contributed by atoms with Crippen LogP contribution in [0.4, 0.5) is 10.5 Å². The second-order valence-corrected chi connectivity index (χ2v) is 6.91. The van der Waals surface area contributed by atoms with E-state index in [1.807, 2.05) is 31.2 Å². The molecule has 0 atom stereocenters. The molecule has 2 aromatic carbocycles. The van der Waals surface area contributed by atoms with E-state index >= 15 is 0 Å². The number of benzene rings is 2. The largest absolute Gasteiger partial charge is 0.495 e. The number of ketones is 1. The van der Waals surface area contributed by atoms with Gasteiger partial charge in [-0.2, -0.15) is 0 Å². The van der Waals surface area contributed by atoms with Gasteiger partial charge in [0.1, 0.15) is 22.9 Å². The maximum Gasteiger partial charge on any atom is 0.319 e. The lowest BCUT2D eigenvalue weighted by atomic mass is 10.2. The molecule has 0 aliphatic heterocycles. The molecule has 0 fully saturated rings. The molecule has 0 unspecified atom stereocenters. The number of Topliss-reactive ketones (excluding diaryl/α,β-unsaturated/α-hetero) is 1. The van der Waals surface area contributed by atoms with Crippen molar-refractivity contribution in [2.75, 3.05) is 12.4 Å². The van der Waals surface area contributed by atoms with Gasteiger partial charge in [-0.3, -0.25) is 9.78 Å². The number of hydrogen-bond donors (Lipinski definition) is 2. The molecule has 160 valence electrons. The van der Waals surface area contributed by atoms with Gasteiger partial charge in [0.05, 0.1) is 12.8 Å². The molecule has 0 bridgehead atoms. The number of rotatable bonds is 8. The number of nitrogens with one attached hydrogen (secondary N) is 2. The minimum Gasteiger partial charge on any atom is -0.495 e. The van der Waals surface area contributed by atoms with Crippen LogP contribution in [0.1, 0.15) is 35.0 Å². The molecule has 0 aliphatic carbocycles. The number of anilines is 1. The van der Waals surface area contributed by atoms with Crippen molar-refractivity contribution in [2.45, 2.75) is 26.8 Å². The van der Waals surface area contributed by atoms with Crippen molar-refractivity contribution in [3.05, 3.63) is 77.6 Å². The van der Waals surface area contributed by atoms with Crippen molar-refractivity contribution < 1.29 is 19.1 Å². The number of carbonyl (C=O) groups excluding carboxylic acids is 2. The van der Waals surface area contributed by atoms with Gasteiger partial charge < -0.3 is 20.1 Å². The van der Waals surface area contributed by atoms with E-state index in [1.165, 1.54) is 0 Å². The molecule has 0 saturated heterocycles. The Hall–Kier alpha value is -3.87. The van der Waals surface area contributed by atoms with Crippen molar-refractivity contribution in [1.29, 1.82) is 0 Å². The second-order valence-electron chi connectivity index (χ2n) is 6.91. The predicted octanol–water partition coefficient (Wildman–Crippen LogP) is 5.11. The third-order valence-electron chi connectivity index (χ3n) is 4.56. The first kappa shape index (κ1) is 21.8. The number of aromatic nitrogens is 1. The second kappa shape index (κ2) is 10.2. The van der Waals surface area contributed by atoms with E-state index in [-0.39, 0.29) is 11.8 Å². The summed E-state index contributed by atoms with van der Waals surface area (Å²) in [6.45, 7) is 4.10. The molecule has 7 nitrogen and oxygen atoms in total. The Bertz CT molecular complexity index is 1060. The van der Waals surface area contributed by atoms with Gasteiger partial charge in [-0.15, -0.1) is 0 Å². The molecule has 31 heavy (non-hydrogen) atoms. The molecule has 0 saturated carbocycles. The lowest BCUT2D eigenvalue weighted by Crippen LogP contribution is -2.28. The Balaban J connectivity index is 1.55. The summed E-state index contributed by atoms with van der Waals surface area (Å²) in [6.07, 6.45) is 1.95. The van der Waals surface area contributed by atoms with Crippen LogP contribution in [0.2, 0.25) is 0 Å². The predicted molar refractivity (Wildman–Crippen MR) is 119 cm³/mol. The third-order valence-corrected chi connectivity index (χ3v) is 4.56. The van der Waals surface area contributed by atoms with Crippen molar-refractivity contribution in [3.8, 4) is 17.2 Å². The summed E-state index contributed by atoms with van der Waals surface area (Å²) >= 11 is 0. The zero-order chi connectivity index (χ0) is 22.2. The maximum atomic E-state index is 12.2. The quantitative estimate of drug-likeness (QED) is 0.496. The lowest BCUT2D eigenvalue weighted by Gasteiger charge is -2.12. The smallest absolute Gasteiger partial charge is 0.319 e. The standard InChI is InChI=1S/C24H25N3O4/c1-4-22(28)21-14-19(11-12-25-21)31-18-8-6-17(7-9-18)15-26-24(29)27-20-10-5-16(2)13-23(20)30-3/h5-14H,4,15H2,1-3H3,(H2,26,27,29). The fourth-order valence-corrected chi connectivity index (χ4v) is 2.87. The number of ether oxygens (including phenoxy) is 2. The van der Waals surface area contributed by atoms with E-state index in [0.29, 0.717) is 41.6 Å². The Morgan fingerprint density at radius 3 is 2.48 bits per heavy atom. The minimum absolute atomic E-state index is 0.0339. The Morgan fingerprint density at radius 2 is 1.77 bits per heavy atom. The van der Waals surface area contributed by atoms with Crippen LogP contribution in [0, 0.1) is 6.92 Å². The number of nitrogens with zero attached hydrogens (tertiary/aromatic N) is 1. The highest BCUT2D eigenvalue weighted by molar-refractivity contribution is 5.94. The first-order chi connectivity index (χ1) is 15.0. The number of carbonyl (C=O) groups is 2. The van der Waals surface area contributed by atoms with Gasteiger partial charge in [0, 0.05) is 25.2 Å². The molecule has 1 aromatic heterocycles. The highest BCUT2D eigenvalue weighted by atomic mass is 16.5. The molecule has 3 aromatic rings. The number of urea groups is 1. The van der Waals surface area contributed by atoms with Crippen molar-refractivity contribution >= 4 is 17.5 Å². The number of pyridine rings is 1. The third kappa shape index (κ3) is 6.05. The molecule has 3 rings (SSSR count). The van der Waals surface area contributed by atoms with Gasteiger partial charge in [0.25, 0.3) is 0 Å². The Morgan fingerprint density at radius 1 is 1.00 bits per heavy atom. The topological polar surface area (TPSA) is 89.5 Å². The molecular formula is C24H25N3O4. The molecule has 7 heteroatoms. The number of methoxy groups -OCH3 is 1. The summed E-state index contributed by atoms with van der Waals surface area (Å²) < 4.78 is 11.1. The minimum atomic E-state index is -0.326. The zero-order valence-corrected chi connectivity index (χ0v) is 17.8. The first-order valence-corrected chi connectivity index (χ1v) is 9.94. The van der Waals surface area contributed by atoms with Crippen molar-refractivity contribution in [2.24, 2.45) is 0 Å². The van der Waals surface area contributed by atoms with E-state index < -0.39 is 0 Å². The molecule has 2 amide bonds. The highest BCUT2D eigenvalue weighted by Crippen LogP contribution is 2.25. The fourth-order valence-electron chi connectivity index (χ4n) is 2.87. The molecule has 0 aliphatic rings. The van der Waals surface area contributed by atoms with Gasteiger partial charge in [-0.1, -0.05) is 25.1 Å². The molecular weight excluding hydrogens is 394 g/mol. The SMILES string of the molecule is CCC(=O)c1cc(Oc2ccc(CNC(=O)Nc3ccc(C)cc3OC)cc2)ccn1. The lowest BCUT2D eigenvalue weighted by molar-refractivity contribution is 0.0983. The Kier molecular flexibility index (Phi) is 7.22. The van der Waals surface area contributed by atoms with Crippen LogP contribution in [0.5, 0.6) is 17.2 Å². The molecule has 0 spiro atoms. The highest BCUT2D eigenvalue weighted by Gasteiger charge is 2.09. The maximum absolute atomic E-state index is 12.2. The first-order valence-electron chi connectivity index (χ1n) is 9.94. The van der Waals surface area contributed by atoms with Gasteiger partial charge in [0.15, 0.2) is 5.78 Å². The van der Waals surface area contributed by atoms with Crippen LogP contribution in [-0.2, 0) is 6.54 Å². The number of aryl methyl sites for hydroxylation is 1. The molecule has 2 N–H and O–H groups in total. The van der Waals surface area contributed by atoms with Crippen LogP contribution in [0.15, 0.2) is 60.8 Å². The van der Waals surface area contributed by atoms with E-state index in [4.69, 9.17) is 9.47 Å². The molecule has 0 radical (unpaired) electrons. The summed E-state index contributed by atoms with van der Waals surface area (Å²) in [5.41, 5.74) is 2.95. The van der Waals surface area contributed by atoms with Crippen molar-refractivity contribution in [1.82, 2.24) is 10.3 Å². The van der Waals surface area contributed by atoms with Gasteiger partial charge in [-0.05, 0) is 48.4 Å². The number of hydrogen-bond acceptors (Lipinski definition) is 5. The summed E-state index contributed by atoms with van der Waals surface area (Å²) in [4.78, 5) is 28.1. The van der Waals surface area contributed by atoms with E-state index in [0.717, 1.165) is 11.1 Å². The van der Waals surface area contributed by atoms with Crippen molar-refractivity contribution in [3.63, 3.8) is 0 Å². The van der Waals surface area contributed by atoms with Crippen LogP contribution in [-0.4, -0.2) is 23.9 Å². The fraction of sp³-hybridized carbons (Fsp3) is 0.208.